The molecule has 0 unspecified atom stereocenters. The van der Waals surface area contributed by atoms with E-state index in [0.717, 1.165) is 16.8 Å². The number of rotatable bonds is 7. The minimum absolute atomic E-state index is 0.0178. The molecule has 5 nitrogen and oxygen atoms in total. The van der Waals surface area contributed by atoms with Crippen molar-refractivity contribution in [3.05, 3.63) is 58.7 Å². The summed E-state index contributed by atoms with van der Waals surface area (Å²) in [6, 6.07) is 13.1. The smallest absolute Gasteiger partial charge is 0.266 e. The van der Waals surface area contributed by atoms with E-state index in [4.69, 9.17) is 9.47 Å². The Bertz CT molecular complexity index is 875. The van der Waals surface area contributed by atoms with E-state index in [1.54, 1.807) is 24.3 Å². The summed E-state index contributed by atoms with van der Waals surface area (Å²) < 4.78 is 11.1. The van der Waals surface area contributed by atoms with Crippen LogP contribution in [0.15, 0.2) is 42.0 Å². The first-order valence-electron chi connectivity index (χ1n) is 8.89. The molecule has 27 heavy (non-hydrogen) atoms. The molecule has 0 saturated heterocycles. The molecule has 0 fully saturated rings. The van der Waals surface area contributed by atoms with Gasteiger partial charge in [-0.2, -0.15) is 5.26 Å². The molecule has 0 saturated carbocycles. The van der Waals surface area contributed by atoms with E-state index < -0.39 is 5.91 Å². The van der Waals surface area contributed by atoms with Gasteiger partial charge in [0.1, 0.15) is 11.6 Å². The van der Waals surface area contributed by atoms with Gasteiger partial charge in [-0.1, -0.05) is 24.3 Å². The molecule has 2 aromatic rings. The number of ether oxygens (including phenoxy) is 2. The van der Waals surface area contributed by atoms with Gasteiger partial charge in [-0.05, 0) is 62.6 Å². The largest absolute Gasteiger partial charge is 0.490 e. The lowest BCUT2D eigenvalue weighted by Crippen LogP contribution is -2.15. The molecule has 0 spiro atoms. The average Bonchev–Trinajstić information content (AvgIpc) is 2.65. The van der Waals surface area contributed by atoms with Crippen LogP contribution in [0.4, 0.5) is 5.69 Å². The molecule has 1 amide bonds. The van der Waals surface area contributed by atoms with Crippen LogP contribution in [0.5, 0.6) is 11.5 Å². The van der Waals surface area contributed by atoms with Gasteiger partial charge in [-0.25, -0.2) is 0 Å². The summed E-state index contributed by atoms with van der Waals surface area (Å²) in [7, 11) is 0. The van der Waals surface area contributed by atoms with E-state index in [9.17, 15) is 10.1 Å². The molecule has 0 aliphatic heterocycles. The first-order valence-corrected chi connectivity index (χ1v) is 8.89. The number of nitriles is 1. The summed E-state index contributed by atoms with van der Waals surface area (Å²) in [5.41, 5.74) is 3.32. The summed E-state index contributed by atoms with van der Waals surface area (Å²) in [6.45, 7) is 8.63. The first-order chi connectivity index (χ1) is 13.0. The number of carbonyl (C=O) groups excluding carboxylic acids is 1. The molecule has 5 heteroatoms. The Hall–Kier alpha value is -3.26. The molecular weight excluding hydrogens is 340 g/mol. The van der Waals surface area contributed by atoms with Crippen molar-refractivity contribution < 1.29 is 14.3 Å². The fourth-order valence-electron chi connectivity index (χ4n) is 2.67. The number of amides is 1. The van der Waals surface area contributed by atoms with Crippen molar-refractivity contribution in [2.75, 3.05) is 18.5 Å². The molecule has 0 atom stereocenters. The highest BCUT2D eigenvalue weighted by Gasteiger charge is 2.13. The maximum Gasteiger partial charge on any atom is 0.266 e. The first kappa shape index (κ1) is 20.1. The van der Waals surface area contributed by atoms with Gasteiger partial charge in [-0.3, -0.25) is 4.79 Å². The van der Waals surface area contributed by atoms with E-state index in [1.807, 2.05) is 52.0 Å². The lowest BCUT2D eigenvalue weighted by atomic mass is 10.1. The van der Waals surface area contributed by atoms with E-state index in [0.29, 0.717) is 30.3 Å². The molecule has 2 aromatic carbocycles. The molecule has 0 aliphatic carbocycles. The second-order valence-corrected chi connectivity index (χ2v) is 5.96. The Kier molecular flexibility index (Phi) is 7.01. The van der Waals surface area contributed by atoms with Crippen molar-refractivity contribution in [2.45, 2.75) is 27.7 Å². The zero-order valence-electron chi connectivity index (χ0n) is 16.1. The third-order valence-electron chi connectivity index (χ3n) is 3.96. The minimum atomic E-state index is -0.443. The molecule has 1 N–H and O–H groups in total. The molecule has 0 radical (unpaired) electrons. The van der Waals surface area contributed by atoms with Crippen LogP contribution in [0.25, 0.3) is 6.08 Å². The number of nitrogens with one attached hydrogen (secondary N) is 1. The quantitative estimate of drug-likeness (QED) is 0.573. The molecule has 0 bridgehead atoms. The number of aryl methyl sites for hydroxylation is 2. The fraction of sp³-hybridized carbons (Fsp3) is 0.273. The number of benzene rings is 2. The standard InChI is InChI=1S/C22H24N2O3/c1-5-26-19-11-10-17(13-20(19)27-6-2)12-18(14-23)22(25)24-21-15(3)8-7-9-16(21)4/h7-13H,5-6H2,1-4H3,(H,24,25). The van der Waals surface area contributed by atoms with E-state index in [-0.39, 0.29) is 5.57 Å². The van der Waals surface area contributed by atoms with Crippen LogP contribution in [0.3, 0.4) is 0 Å². The minimum Gasteiger partial charge on any atom is -0.490 e. The van der Waals surface area contributed by atoms with Crippen LogP contribution in [0.1, 0.15) is 30.5 Å². The van der Waals surface area contributed by atoms with Crippen molar-refractivity contribution >= 4 is 17.7 Å². The summed E-state index contributed by atoms with van der Waals surface area (Å²) in [4.78, 5) is 12.6. The second kappa shape index (κ2) is 9.44. The lowest BCUT2D eigenvalue weighted by molar-refractivity contribution is -0.112. The maximum atomic E-state index is 12.6. The number of hydrogen-bond donors (Lipinski definition) is 1. The van der Waals surface area contributed by atoms with Crippen molar-refractivity contribution in [1.29, 1.82) is 5.26 Å². The van der Waals surface area contributed by atoms with E-state index in [2.05, 4.69) is 5.32 Å². The lowest BCUT2D eigenvalue weighted by Gasteiger charge is -2.12. The Morgan fingerprint density at radius 3 is 2.30 bits per heavy atom. The molecule has 0 aliphatic rings. The van der Waals surface area contributed by atoms with Crippen LogP contribution >= 0.6 is 0 Å². The summed E-state index contributed by atoms with van der Waals surface area (Å²) in [5, 5.41) is 12.3. The summed E-state index contributed by atoms with van der Waals surface area (Å²) >= 11 is 0. The average molecular weight is 364 g/mol. The molecule has 0 aromatic heterocycles. The monoisotopic (exact) mass is 364 g/mol. The van der Waals surface area contributed by atoms with Crippen LogP contribution in [0.2, 0.25) is 0 Å². The number of hydrogen-bond acceptors (Lipinski definition) is 4. The van der Waals surface area contributed by atoms with Gasteiger partial charge in [-0.15, -0.1) is 0 Å². The highest BCUT2D eigenvalue weighted by molar-refractivity contribution is 6.10. The maximum absolute atomic E-state index is 12.6. The molecule has 2 rings (SSSR count). The molecular formula is C22H24N2O3. The summed E-state index contributed by atoms with van der Waals surface area (Å²) in [6.07, 6.45) is 1.54. The van der Waals surface area contributed by atoms with Gasteiger partial charge in [0, 0.05) is 5.69 Å². The summed E-state index contributed by atoms with van der Waals surface area (Å²) in [5.74, 6) is 0.775. The second-order valence-electron chi connectivity index (χ2n) is 5.96. The number of para-hydroxylation sites is 1. The number of nitrogens with zero attached hydrogens (tertiary/aromatic N) is 1. The van der Waals surface area contributed by atoms with Crippen molar-refractivity contribution in [3.63, 3.8) is 0 Å². The predicted octanol–water partition coefficient (Wildman–Crippen LogP) is 4.65. The van der Waals surface area contributed by atoms with Gasteiger partial charge < -0.3 is 14.8 Å². The predicted molar refractivity (Wildman–Crippen MR) is 107 cm³/mol. The number of anilines is 1. The fourth-order valence-corrected chi connectivity index (χ4v) is 2.67. The SMILES string of the molecule is CCOc1ccc(C=C(C#N)C(=O)Nc2c(C)cccc2C)cc1OCC. The van der Waals surface area contributed by atoms with E-state index in [1.165, 1.54) is 0 Å². The van der Waals surface area contributed by atoms with Gasteiger partial charge in [0.25, 0.3) is 5.91 Å². The third-order valence-corrected chi connectivity index (χ3v) is 3.96. The zero-order chi connectivity index (χ0) is 19.8. The Labute approximate surface area is 160 Å². The molecule has 140 valence electrons. The van der Waals surface area contributed by atoms with Crippen molar-refractivity contribution in [1.82, 2.24) is 0 Å². The number of carbonyl (C=O) groups is 1. The van der Waals surface area contributed by atoms with Crippen molar-refractivity contribution in [3.8, 4) is 17.6 Å². The van der Waals surface area contributed by atoms with Gasteiger partial charge in [0.2, 0.25) is 0 Å². The topological polar surface area (TPSA) is 71.3 Å². The van der Waals surface area contributed by atoms with Crippen LogP contribution in [-0.2, 0) is 4.79 Å². The molecule has 0 heterocycles. The zero-order valence-corrected chi connectivity index (χ0v) is 16.1. The normalized spacial score (nSPS) is 10.9. The third kappa shape index (κ3) is 5.11. The van der Waals surface area contributed by atoms with Gasteiger partial charge in [0.05, 0.1) is 13.2 Å². The highest BCUT2D eigenvalue weighted by Crippen LogP contribution is 2.29. The Morgan fingerprint density at radius 2 is 1.70 bits per heavy atom. The highest BCUT2D eigenvalue weighted by atomic mass is 16.5. The van der Waals surface area contributed by atoms with Gasteiger partial charge >= 0.3 is 0 Å². The van der Waals surface area contributed by atoms with Crippen molar-refractivity contribution in [2.24, 2.45) is 0 Å². The van der Waals surface area contributed by atoms with Crippen LogP contribution < -0.4 is 14.8 Å². The Morgan fingerprint density at radius 1 is 1.07 bits per heavy atom. The Balaban J connectivity index is 2.31. The van der Waals surface area contributed by atoms with E-state index >= 15 is 0 Å². The van der Waals surface area contributed by atoms with Gasteiger partial charge in [0.15, 0.2) is 11.5 Å². The van der Waals surface area contributed by atoms with Crippen LogP contribution in [-0.4, -0.2) is 19.1 Å². The van der Waals surface area contributed by atoms with Crippen LogP contribution in [0, 0.1) is 25.2 Å².